The molecule has 0 amide bonds. The summed E-state index contributed by atoms with van der Waals surface area (Å²) in [6.45, 7) is 2.21. The van der Waals surface area contributed by atoms with Crippen molar-refractivity contribution in [2.45, 2.75) is 11.8 Å². The van der Waals surface area contributed by atoms with Crippen molar-refractivity contribution in [3.63, 3.8) is 0 Å². The molecule has 2 heterocycles. The number of rotatable bonds is 6. The number of hydrogen-bond acceptors (Lipinski definition) is 5. The van der Waals surface area contributed by atoms with Crippen LogP contribution >= 0.6 is 11.3 Å². The van der Waals surface area contributed by atoms with Crippen molar-refractivity contribution >= 4 is 32.0 Å². The minimum atomic E-state index is -3.75. The summed E-state index contributed by atoms with van der Waals surface area (Å²) in [5.41, 5.74) is 2.24. The number of thiazole rings is 1. The summed E-state index contributed by atoms with van der Waals surface area (Å²) < 4.78 is 35.5. The van der Waals surface area contributed by atoms with Gasteiger partial charge in [-0.2, -0.15) is 0 Å². The molecule has 0 aliphatic heterocycles. The molecule has 0 radical (unpaired) electrons. The van der Waals surface area contributed by atoms with Gasteiger partial charge in [-0.05, 0) is 31.2 Å². The van der Waals surface area contributed by atoms with Gasteiger partial charge >= 0.3 is 0 Å². The third kappa shape index (κ3) is 3.54. The van der Waals surface area contributed by atoms with Crippen LogP contribution in [0.2, 0.25) is 0 Å². The molecule has 6 nitrogen and oxygen atoms in total. The molecule has 8 heteroatoms. The number of nitrogens with zero attached hydrogens (tertiary/aromatic N) is 2. The molecule has 4 rings (SSSR count). The minimum Gasteiger partial charge on any atom is -0.492 e. The van der Waals surface area contributed by atoms with Gasteiger partial charge in [0.2, 0.25) is 0 Å². The number of aromatic nitrogens is 2. The molecule has 0 aliphatic carbocycles. The van der Waals surface area contributed by atoms with E-state index in [1.807, 2.05) is 41.2 Å². The highest BCUT2D eigenvalue weighted by molar-refractivity contribution is 7.92. The average Bonchev–Trinajstić information content (AvgIpc) is 3.25. The molecule has 0 aliphatic rings. The van der Waals surface area contributed by atoms with Crippen molar-refractivity contribution in [3.05, 3.63) is 66.3 Å². The van der Waals surface area contributed by atoms with Crippen LogP contribution in [0.25, 0.3) is 16.2 Å². The van der Waals surface area contributed by atoms with E-state index in [0.717, 1.165) is 16.2 Å². The number of nitrogens with one attached hydrogen (secondary N) is 1. The predicted molar refractivity (Wildman–Crippen MR) is 107 cm³/mol. The maximum Gasteiger partial charge on any atom is 0.265 e. The topological polar surface area (TPSA) is 72.7 Å². The van der Waals surface area contributed by atoms with E-state index in [1.165, 1.54) is 6.07 Å². The molecule has 2 aromatic heterocycles. The molecule has 0 saturated carbocycles. The first-order chi connectivity index (χ1) is 13.1. The molecule has 0 atom stereocenters. The first-order valence-electron chi connectivity index (χ1n) is 8.34. The highest BCUT2D eigenvalue weighted by atomic mass is 32.2. The number of ether oxygens (including phenoxy) is 1. The molecule has 0 spiro atoms. The highest BCUT2D eigenvalue weighted by Gasteiger charge is 2.19. The van der Waals surface area contributed by atoms with E-state index in [2.05, 4.69) is 9.71 Å². The van der Waals surface area contributed by atoms with Gasteiger partial charge in [0, 0.05) is 29.0 Å². The average molecular weight is 399 g/mol. The fourth-order valence-corrected chi connectivity index (χ4v) is 4.64. The van der Waals surface area contributed by atoms with E-state index in [1.54, 1.807) is 41.7 Å². The number of anilines is 1. The maximum absolute atomic E-state index is 12.7. The molecule has 2 aromatic carbocycles. The molecule has 4 aromatic rings. The van der Waals surface area contributed by atoms with Crippen LogP contribution in [0.5, 0.6) is 5.75 Å². The molecule has 0 bridgehead atoms. The molecular formula is C19H17N3O3S2. The van der Waals surface area contributed by atoms with Crippen LogP contribution < -0.4 is 9.46 Å². The lowest BCUT2D eigenvalue weighted by Gasteiger charge is -2.12. The summed E-state index contributed by atoms with van der Waals surface area (Å²) in [7, 11) is -3.75. The fraction of sp³-hybridized carbons (Fsp3) is 0.105. The molecule has 0 unspecified atom stereocenters. The van der Waals surface area contributed by atoms with Crippen molar-refractivity contribution < 1.29 is 13.2 Å². The van der Waals surface area contributed by atoms with Gasteiger partial charge in [-0.15, -0.1) is 11.3 Å². The highest BCUT2D eigenvalue weighted by Crippen LogP contribution is 2.27. The summed E-state index contributed by atoms with van der Waals surface area (Å²) in [6, 6.07) is 13.7. The van der Waals surface area contributed by atoms with Crippen LogP contribution in [0, 0.1) is 0 Å². The molecule has 138 valence electrons. The molecule has 27 heavy (non-hydrogen) atoms. The van der Waals surface area contributed by atoms with Crippen LogP contribution in [0.1, 0.15) is 6.92 Å². The van der Waals surface area contributed by atoms with Crippen molar-refractivity contribution in [2.75, 3.05) is 11.3 Å². The zero-order valence-electron chi connectivity index (χ0n) is 14.5. The Morgan fingerprint density at radius 1 is 1.15 bits per heavy atom. The van der Waals surface area contributed by atoms with Crippen molar-refractivity contribution in [3.8, 4) is 17.0 Å². The Bertz CT molecular complexity index is 1150. The number of fused-ring (bicyclic) bond motifs is 1. The van der Waals surface area contributed by atoms with Gasteiger partial charge in [0.1, 0.15) is 10.6 Å². The largest absolute Gasteiger partial charge is 0.492 e. The van der Waals surface area contributed by atoms with Crippen LogP contribution in [0.15, 0.2) is 71.2 Å². The summed E-state index contributed by atoms with van der Waals surface area (Å²) >= 11 is 1.57. The fourth-order valence-electron chi connectivity index (χ4n) is 2.73. The second-order valence-electron chi connectivity index (χ2n) is 5.78. The number of sulfonamides is 1. The summed E-state index contributed by atoms with van der Waals surface area (Å²) in [5, 5.41) is 1.98. The second kappa shape index (κ2) is 7.05. The Hall–Kier alpha value is -2.84. The van der Waals surface area contributed by atoms with Crippen molar-refractivity contribution in [1.29, 1.82) is 0 Å². The normalized spacial score (nSPS) is 11.6. The zero-order valence-corrected chi connectivity index (χ0v) is 16.1. The smallest absolute Gasteiger partial charge is 0.265 e. The Morgan fingerprint density at radius 2 is 1.93 bits per heavy atom. The van der Waals surface area contributed by atoms with Crippen LogP contribution in [-0.4, -0.2) is 24.4 Å². The van der Waals surface area contributed by atoms with E-state index in [9.17, 15) is 8.42 Å². The van der Waals surface area contributed by atoms with Gasteiger partial charge in [0.25, 0.3) is 10.0 Å². The van der Waals surface area contributed by atoms with Crippen LogP contribution in [-0.2, 0) is 10.0 Å². The summed E-state index contributed by atoms with van der Waals surface area (Å²) in [6.07, 6.45) is 3.90. The van der Waals surface area contributed by atoms with Gasteiger partial charge in [0.05, 0.1) is 12.3 Å². The van der Waals surface area contributed by atoms with Gasteiger partial charge < -0.3 is 4.74 Å². The van der Waals surface area contributed by atoms with Gasteiger partial charge in [0.15, 0.2) is 4.96 Å². The third-order valence-electron chi connectivity index (χ3n) is 3.96. The number of benzene rings is 2. The van der Waals surface area contributed by atoms with E-state index < -0.39 is 10.0 Å². The van der Waals surface area contributed by atoms with E-state index in [-0.39, 0.29) is 4.90 Å². The maximum atomic E-state index is 12.7. The van der Waals surface area contributed by atoms with E-state index in [0.29, 0.717) is 18.0 Å². The lowest BCUT2D eigenvalue weighted by molar-refractivity contribution is 0.331. The van der Waals surface area contributed by atoms with Crippen LogP contribution in [0.4, 0.5) is 5.69 Å². The lowest BCUT2D eigenvalue weighted by Crippen LogP contribution is -2.14. The Kier molecular flexibility index (Phi) is 4.59. The SMILES string of the molecule is CCOc1ccccc1S(=O)(=O)Nc1ccc(-c2cn3ccsc3n2)cc1. The van der Waals surface area contributed by atoms with Gasteiger partial charge in [-0.1, -0.05) is 24.3 Å². The van der Waals surface area contributed by atoms with Gasteiger partial charge in [-0.3, -0.25) is 9.12 Å². The Balaban J connectivity index is 1.58. The monoisotopic (exact) mass is 399 g/mol. The van der Waals surface area contributed by atoms with Crippen LogP contribution in [0.3, 0.4) is 0 Å². The lowest BCUT2D eigenvalue weighted by atomic mass is 10.1. The second-order valence-corrected chi connectivity index (χ2v) is 8.31. The number of para-hydroxylation sites is 1. The predicted octanol–water partition coefficient (Wildman–Crippen LogP) is 4.26. The van der Waals surface area contributed by atoms with Crippen molar-refractivity contribution in [2.24, 2.45) is 0 Å². The Morgan fingerprint density at radius 3 is 2.67 bits per heavy atom. The first-order valence-corrected chi connectivity index (χ1v) is 10.7. The number of hydrogen-bond donors (Lipinski definition) is 1. The zero-order chi connectivity index (χ0) is 18.9. The molecule has 0 saturated heterocycles. The first kappa shape index (κ1) is 17.6. The van der Waals surface area contributed by atoms with E-state index in [4.69, 9.17) is 4.74 Å². The molecule has 0 fully saturated rings. The third-order valence-corrected chi connectivity index (χ3v) is 6.16. The minimum absolute atomic E-state index is 0.116. The number of imidazole rings is 1. The standard InChI is InChI=1S/C19H17N3O3S2/c1-2-25-17-5-3-4-6-18(17)27(23,24)21-15-9-7-14(8-10-15)16-13-22-11-12-26-19(22)20-16/h3-13,21H,2H2,1H3. The molecule has 1 N–H and O–H groups in total. The summed E-state index contributed by atoms with van der Waals surface area (Å²) in [4.78, 5) is 5.59. The molecular weight excluding hydrogens is 382 g/mol. The van der Waals surface area contributed by atoms with Crippen molar-refractivity contribution in [1.82, 2.24) is 9.38 Å². The summed E-state index contributed by atoms with van der Waals surface area (Å²) in [5.74, 6) is 0.335. The van der Waals surface area contributed by atoms with E-state index >= 15 is 0 Å². The quantitative estimate of drug-likeness (QED) is 0.526. The van der Waals surface area contributed by atoms with Gasteiger partial charge in [-0.25, -0.2) is 13.4 Å². The Labute approximate surface area is 161 Å².